The summed E-state index contributed by atoms with van der Waals surface area (Å²) in [5.41, 5.74) is 1.29. The fraction of sp³-hybridized carbons (Fsp3) is 0.588. The molecule has 0 amide bonds. The maximum Gasteiger partial charge on any atom is 0.311 e. The molecule has 0 radical (unpaired) electrons. The van der Waals surface area contributed by atoms with Crippen LogP contribution in [0, 0.1) is 5.92 Å². The van der Waals surface area contributed by atoms with Crippen molar-refractivity contribution in [3.05, 3.63) is 35.9 Å². The van der Waals surface area contributed by atoms with E-state index in [2.05, 4.69) is 36.2 Å². The molecule has 2 aliphatic heterocycles. The minimum absolute atomic E-state index is 0.0129. The summed E-state index contributed by atoms with van der Waals surface area (Å²) in [6.45, 7) is 2.36. The average molecular weight is 273 g/mol. The molecule has 1 aromatic rings. The fourth-order valence-corrected chi connectivity index (χ4v) is 4.07. The molecule has 3 unspecified atom stereocenters. The number of esters is 1. The topological polar surface area (TPSA) is 29.5 Å². The number of fused-ring (bicyclic) bond motifs is 2. The second-order valence-corrected chi connectivity index (χ2v) is 5.99. The van der Waals surface area contributed by atoms with Gasteiger partial charge in [0, 0.05) is 18.0 Å². The second kappa shape index (κ2) is 5.57. The number of nitrogens with zero attached hydrogens (tertiary/aromatic N) is 1. The van der Waals surface area contributed by atoms with Crippen molar-refractivity contribution < 1.29 is 9.53 Å². The molecular weight excluding hydrogens is 250 g/mol. The Hall–Kier alpha value is -1.35. The van der Waals surface area contributed by atoms with Crippen molar-refractivity contribution in [2.24, 2.45) is 5.92 Å². The van der Waals surface area contributed by atoms with Gasteiger partial charge in [-0.15, -0.1) is 0 Å². The molecule has 0 spiro atoms. The predicted molar refractivity (Wildman–Crippen MR) is 78.5 cm³/mol. The van der Waals surface area contributed by atoms with Crippen molar-refractivity contribution in [3.63, 3.8) is 0 Å². The lowest BCUT2D eigenvalue weighted by molar-refractivity contribution is -0.152. The third-order valence-corrected chi connectivity index (χ3v) is 5.06. The summed E-state index contributed by atoms with van der Waals surface area (Å²) in [6, 6.07) is 11.4. The molecule has 3 rings (SSSR count). The molecule has 0 saturated carbocycles. The van der Waals surface area contributed by atoms with E-state index in [1.54, 1.807) is 0 Å². The van der Waals surface area contributed by atoms with Gasteiger partial charge in [0.2, 0.25) is 0 Å². The Kier molecular flexibility index (Phi) is 3.79. The first-order valence-electron chi connectivity index (χ1n) is 7.66. The Morgan fingerprint density at radius 3 is 2.75 bits per heavy atom. The quantitative estimate of drug-likeness (QED) is 0.793. The molecule has 4 atom stereocenters. The highest BCUT2D eigenvalue weighted by atomic mass is 16.5. The minimum atomic E-state index is -0.0152. The van der Waals surface area contributed by atoms with Gasteiger partial charge < -0.3 is 4.74 Å². The van der Waals surface area contributed by atoms with Gasteiger partial charge in [-0.1, -0.05) is 30.3 Å². The van der Waals surface area contributed by atoms with Crippen LogP contribution in [0.1, 0.15) is 37.7 Å². The van der Waals surface area contributed by atoms with E-state index in [1.807, 2.05) is 13.0 Å². The summed E-state index contributed by atoms with van der Waals surface area (Å²) in [6.07, 6.45) is 3.40. The van der Waals surface area contributed by atoms with E-state index in [0.717, 1.165) is 12.8 Å². The molecule has 0 N–H and O–H groups in total. The summed E-state index contributed by atoms with van der Waals surface area (Å²) in [4.78, 5) is 14.9. The lowest BCUT2D eigenvalue weighted by atomic mass is 9.76. The molecule has 3 nitrogen and oxygen atoms in total. The van der Waals surface area contributed by atoms with Gasteiger partial charge in [-0.25, -0.2) is 0 Å². The molecule has 20 heavy (non-hydrogen) atoms. The SMILES string of the molecule is CCOC(=O)C1C2CCC(C[C@H]1c1ccccc1)N2C. The molecule has 2 fully saturated rings. The highest BCUT2D eigenvalue weighted by molar-refractivity contribution is 5.75. The van der Waals surface area contributed by atoms with Crippen LogP contribution >= 0.6 is 0 Å². The number of piperidine rings is 1. The van der Waals surface area contributed by atoms with Gasteiger partial charge in [0.1, 0.15) is 0 Å². The monoisotopic (exact) mass is 273 g/mol. The van der Waals surface area contributed by atoms with E-state index >= 15 is 0 Å². The van der Waals surface area contributed by atoms with Crippen LogP contribution in [0.2, 0.25) is 0 Å². The van der Waals surface area contributed by atoms with Crippen molar-refractivity contribution in [1.82, 2.24) is 4.90 Å². The van der Waals surface area contributed by atoms with Gasteiger partial charge in [-0.3, -0.25) is 9.69 Å². The van der Waals surface area contributed by atoms with Crippen LogP contribution in [0.3, 0.4) is 0 Å². The Balaban J connectivity index is 1.92. The number of hydrogen-bond acceptors (Lipinski definition) is 3. The highest BCUT2D eigenvalue weighted by Crippen LogP contribution is 2.46. The standard InChI is InChI=1S/C17H23NO2/c1-3-20-17(19)16-14(12-7-5-4-6-8-12)11-13-9-10-15(16)18(13)2/h4-8,13-16H,3,9-11H2,1-2H3/t13?,14-,15?,16?/m0/s1. The van der Waals surface area contributed by atoms with Crippen LogP contribution in [-0.2, 0) is 9.53 Å². The summed E-state index contributed by atoms with van der Waals surface area (Å²) < 4.78 is 5.37. The van der Waals surface area contributed by atoms with Crippen molar-refractivity contribution in [1.29, 1.82) is 0 Å². The molecule has 0 aromatic heterocycles. The second-order valence-electron chi connectivity index (χ2n) is 5.99. The predicted octanol–water partition coefficient (Wildman–Crippen LogP) is 2.82. The third kappa shape index (κ3) is 2.24. The first kappa shape index (κ1) is 13.6. The van der Waals surface area contributed by atoms with Crippen LogP contribution in [0.25, 0.3) is 0 Å². The Morgan fingerprint density at radius 2 is 2.05 bits per heavy atom. The highest BCUT2D eigenvalue weighted by Gasteiger charge is 2.49. The zero-order valence-electron chi connectivity index (χ0n) is 12.3. The number of hydrogen-bond donors (Lipinski definition) is 0. The lowest BCUT2D eigenvalue weighted by Crippen LogP contribution is -2.49. The van der Waals surface area contributed by atoms with Crippen molar-refractivity contribution in [2.75, 3.05) is 13.7 Å². The summed E-state index contributed by atoms with van der Waals surface area (Å²) in [5.74, 6) is 0.281. The molecule has 2 saturated heterocycles. The number of carbonyl (C=O) groups is 1. The van der Waals surface area contributed by atoms with Crippen molar-refractivity contribution in [3.8, 4) is 0 Å². The van der Waals surface area contributed by atoms with Gasteiger partial charge in [-0.05, 0) is 38.8 Å². The van der Waals surface area contributed by atoms with Crippen LogP contribution in [0.4, 0.5) is 0 Å². The van der Waals surface area contributed by atoms with E-state index in [9.17, 15) is 4.79 Å². The molecule has 1 aromatic carbocycles. The molecular formula is C17H23NO2. The van der Waals surface area contributed by atoms with Gasteiger partial charge in [-0.2, -0.15) is 0 Å². The Labute approximate surface area is 120 Å². The zero-order chi connectivity index (χ0) is 14.1. The lowest BCUT2D eigenvalue weighted by Gasteiger charge is -2.41. The number of ether oxygens (including phenoxy) is 1. The molecule has 2 aliphatic rings. The van der Waals surface area contributed by atoms with Crippen molar-refractivity contribution in [2.45, 2.75) is 44.2 Å². The van der Waals surface area contributed by atoms with Crippen molar-refractivity contribution >= 4 is 5.97 Å². The first-order chi connectivity index (χ1) is 9.72. The van der Waals surface area contributed by atoms with E-state index in [-0.39, 0.29) is 11.9 Å². The van der Waals surface area contributed by atoms with E-state index in [1.165, 1.54) is 12.0 Å². The Morgan fingerprint density at radius 1 is 1.30 bits per heavy atom. The molecule has 108 valence electrons. The fourth-order valence-electron chi connectivity index (χ4n) is 4.07. The van der Waals surface area contributed by atoms with E-state index < -0.39 is 0 Å². The first-order valence-corrected chi connectivity index (χ1v) is 7.66. The van der Waals surface area contributed by atoms with Gasteiger partial charge in [0.05, 0.1) is 12.5 Å². The maximum atomic E-state index is 12.5. The van der Waals surface area contributed by atoms with Crippen LogP contribution in [0.5, 0.6) is 0 Å². The summed E-state index contributed by atoms with van der Waals surface area (Å²) >= 11 is 0. The van der Waals surface area contributed by atoms with Crippen LogP contribution in [-0.4, -0.2) is 36.6 Å². The number of benzene rings is 1. The molecule has 3 heteroatoms. The number of carbonyl (C=O) groups excluding carboxylic acids is 1. The van der Waals surface area contributed by atoms with Crippen LogP contribution < -0.4 is 0 Å². The maximum absolute atomic E-state index is 12.5. The average Bonchev–Trinajstić information content (AvgIpc) is 2.72. The molecule has 2 bridgehead atoms. The summed E-state index contributed by atoms with van der Waals surface area (Å²) in [5, 5.41) is 0. The van der Waals surface area contributed by atoms with Gasteiger partial charge in [0.25, 0.3) is 0 Å². The van der Waals surface area contributed by atoms with Gasteiger partial charge >= 0.3 is 5.97 Å². The molecule has 0 aliphatic carbocycles. The largest absolute Gasteiger partial charge is 0.466 e. The number of rotatable bonds is 3. The van der Waals surface area contributed by atoms with E-state index in [4.69, 9.17) is 4.74 Å². The minimum Gasteiger partial charge on any atom is -0.466 e. The zero-order valence-corrected chi connectivity index (χ0v) is 12.3. The Bertz CT molecular complexity index is 473. The van der Waals surface area contributed by atoms with Crippen LogP contribution in [0.15, 0.2) is 30.3 Å². The van der Waals surface area contributed by atoms with E-state index in [0.29, 0.717) is 24.6 Å². The molecule has 2 heterocycles. The normalized spacial score (nSPS) is 33.1. The van der Waals surface area contributed by atoms with Gasteiger partial charge in [0.15, 0.2) is 0 Å². The smallest absolute Gasteiger partial charge is 0.311 e. The third-order valence-electron chi connectivity index (χ3n) is 5.06. The summed E-state index contributed by atoms with van der Waals surface area (Å²) in [7, 11) is 2.16.